The van der Waals surface area contributed by atoms with Crippen molar-refractivity contribution in [3.8, 4) is 16.9 Å². The quantitative estimate of drug-likeness (QED) is 0.311. The Balaban J connectivity index is 0.00000256. The van der Waals surface area contributed by atoms with E-state index in [-0.39, 0.29) is 46.9 Å². The van der Waals surface area contributed by atoms with Gasteiger partial charge < -0.3 is 10.4 Å². The Labute approximate surface area is 196 Å². The fourth-order valence-corrected chi connectivity index (χ4v) is 3.11. The first-order chi connectivity index (χ1) is 14.1. The van der Waals surface area contributed by atoms with Crippen LogP contribution in [0.1, 0.15) is 6.92 Å². The fraction of sp³-hybridized carbons (Fsp3) is 0.0417. The minimum Gasteiger partial charge on any atom is -0.563 e. The second-order valence-electron chi connectivity index (χ2n) is 6.55. The first kappa shape index (κ1) is 21.7. The second-order valence-corrected chi connectivity index (χ2v) is 6.55. The molecule has 4 aromatic carbocycles. The molecule has 0 saturated carbocycles. The summed E-state index contributed by atoms with van der Waals surface area (Å²) in [5.41, 5.74) is 3.52. The fourth-order valence-electron chi connectivity index (χ4n) is 3.11. The zero-order chi connectivity index (χ0) is 20.2. The smallest absolute Gasteiger partial charge is 0.563 e. The maximum Gasteiger partial charge on any atom is 1.00 e. The summed E-state index contributed by atoms with van der Waals surface area (Å²) in [6.45, 7) is 1.44. The van der Waals surface area contributed by atoms with Gasteiger partial charge >= 0.3 is 29.6 Å². The summed E-state index contributed by atoms with van der Waals surface area (Å²) >= 11 is 0. The second kappa shape index (κ2) is 9.67. The third kappa shape index (κ3) is 4.76. The predicted octanol–water partition coefficient (Wildman–Crippen LogP) is 3.39. The van der Waals surface area contributed by atoms with Gasteiger partial charge in [-0.05, 0) is 11.6 Å². The van der Waals surface area contributed by atoms with E-state index in [0.29, 0.717) is 16.8 Å². The first-order valence-electron chi connectivity index (χ1n) is 9.13. The molecule has 2 N–H and O–H groups in total. The number of phenols is 1. The van der Waals surface area contributed by atoms with Gasteiger partial charge in [0.05, 0.1) is 5.69 Å². The molecule has 0 fully saturated rings. The summed E-state index contributed by atoms with van der Waals surface area (Å²) < 4.78 is 0. The van der Waals surface area contributed by atoms with Gasteiger partial charge in [-0.15, -0.1) is 11.5 Å². The minimum absolute atomic E-state index is 0. The van der Waals surface area contributed by atoms with E-state index in [1.165, 1.54) is 6.92 Å². The minimum atomic E-state index is -0.177. The van der Waals surface area contributed by atoms with Gasteiger partial charge in [0, 0.05) is 29.6 Å². The normalized spacial score (nSPS) is 10.7. The summed E-state index contributed by atoms with van der Waals surface area (Å²) in [6.07, 6.45) is 0. The number of anilines is 1. The van der Waals surface area contributed by atoms with E-state index in [9.17, 15) is 9.90 Å². The zero-order valence-corrected chi connectivity index (χ0v) is 18.8. The van der Waals surface area contributed by atoms with Crippen LogP contribution in [-0.4, -0.2) is 11.0 Å². The third-order valence-electron chi connectivity index (χ3n) is 4.46. The van der Waals surface area contributed by atoms with Crippen LogP contribution in [-0.2, 0) is 4.79 Å². The zero-order valence-electron chi connectivity index (χ0n) is 16.8. The molecule has 0 saturated heterocycles. The molecule has 142 valence electrons. The summed E-state index contributed by atoms with van der Waals surface area (Å²) in [4.78, 5) is 11.3. The van der Waals surface area contributed by atoms with Crippen molar-refractivity contribution >= 4 is 33.7 Å². The van der Waals surface area contributed by atoms with Crippen molar-refractivity contribution in [3.05, 3.63) is 84.9 Å². The molecule has 30 heavy (non-hydrogen) atoms. The number of nitrogens with one attached hydrogen (secondary N) is 1. The molecule has 4 aromatic rings. The molecule has 5 nitrogen and oxygen atoms in total. The molecule has 0 atom stereocenters. The maximum absolute atomic E-state index is 11.3. The van der Waals surface area contributed by atoms with Crippen LogP contribution in [0, 0.1) is 6.07 Å². The van der Waals surface area contributed by atoms with Gasteiger partial charge in [-0.25, -0.2) is 0 Å². The average molecular weight is 403 g/mol. The van der Waals surface area contributed by atoms with Gasteiger partial charge in [-0.3, -0.25) is 4.79 Å². The van der Waals surface area contributed by atoms with Crippen LogP contribution in [0.5, 0.6) is 5.75 Å². The number of carbonyl (C=O) groups excluding carboxylic acids is 1. The molecular formula is C24H18N3NaO2. The number of rotatable bonds is 4. The van der Waals surface area contributed by atoms with Crippen molar-refractivity contribution in [3.63, 3.8) is 0 Å². The van der Waals surface area contributed by atoms with Crippen molar-refractivity contribution in [2.45, 2.75) is 6.92 Å². The van der Waals surface area contributed by atoms with E-state index < -0.39 is 0 Å². The molecule has 6 heteroatoms. The number of azo groups is 1. The number of amides is 1. The molecule has 1 amide bonds. The molecule has 0 spiro atoms. The third-order valence-corrected chi connectivity index (χ3v) is 4.46. The average Bonchev–Trinajstić information content (AvgIpc) is 2.74. The Kier molecular flexibility index (Phi) is 7.00. The van der Waals surface area contributed by atoms with E-state index in [4.69, 9.17) is 0 Å². The predicted molar refractivity (Wildman–Crippen MR) is 115 cm³/mol. The van der Waals surface area contributed by atoms with Gasteiger partial charge in [0.1, 0.15) is 0 Å². The van der Waals surface area contributed by atoms with Gasteiger partial charge in [0.2, 0.25) is 5.91 Å². The van der Waals surface area contributed by atoms with E-state index >= 15 is 0 Å². The Morgan fingerprint density at radius 2 is 1.70 bits per heavy atom. The van der Waals surface area contributed by atoms with E-state index in [2.05, 4.69) is 21.6 Å². The van der Waals surface area contributed by atoms with Crippen LogP contribution in [0.2, 0.25) is 0 Å². The Morgan fingerprint density at radius 3 is 2.47 bits per heavy atom. The Hall–Kier alpha value is -2.99. The molecular weight excluding hydrogens is 385 g/mol. The molecule has 0 aliphatic rings. The maximum atomic E-state index is 11.3. The number of hydrogen-bond donors (Lipinski definition) is 2. The standard InChI is InChI=1S/C24H18N3O2.Na/c1-16(28)25-19-13-11-18-12-14-23(24(29)21(18)15-19)27-26-22-10-6-5-9-20(22)17-7-3-2-4-8-17;/h2-13,15,29H,1H3,(H,25,28);/q-1;+1. The number of hydrogen-bond acceptors (Lipinski definition) is 4. The first-order valence-corrected chi connectivity index (χ1v) is 9.13. The Morgan fingerprint density at radius 1 is 0.967 bits per heavy atom. The summed E-state index contributed by atoms with van der Waals surface area (Å²) in [5.74, 6) is -0.209. The van der Waals surface area contributed by atoms with Crippen LogP contribution in [0.4, 0.5) is 17.1 Å². The van der Waals surface area contributed by atoms with Crippen LogP contribution in [0.25, 0.3) is 21.9 Å². The van der Waals surface area contributed by atoms with E-state index in [1.54, 1.807) is 18.2 Å². The van der Waals surface area contributed by atoms with Crippen LogP contribution < -0.4 is 34.9 Å². The molecule has 0 radical (unpaired) electrons. The topological polar surface area (TPSA) is 74.0 Å². The molecule has 0 bridgehead atoms. The number of phenolic OH excluding ortho intramolecular Hbond substituents is 1. The van der Waals surface area contributed by atoms with Crippen molar-refractivity contribution in [1.82, 2.24) is 0 Å². The van der Waals surface area contributed by atoms with Crippen molar-refractivity contribution in [2.24, 2.45) is 10.2 Å². The molecule has 0 aromatic heterocycles. The number of carbonyl (C=O) groups is 1. The molecule has 4 rings (SSSR count). The molecule has 0 heterocycles. The van der Waals surface area contributed by atoms with Crippen molar-refractivity contribution in [1.29, 1.82) is 0 Å². The van der Waals surface area contributed by atoms with E-state index in [1.807, 2.05) is 60.7 Å². The largest absolute Gasteiger partial charge is 1.00 e. The summed E-state index contributed by atoms with van der Waals surface area (Å²) in [6, 6.07) is 27.6. The van der Waals surface area contributed by atoms with Crippen LogP contribution in [0.3, 0.4) is 0 Å². The van der Waals surface area contributed by atoms with Crippen LogP contribution in [0.15, 0.2) is 89.1 Å². The van der Waals surface area contributed by atoms with E-state index in [0.717, 1.165) is 16.5 Å². The van der Waals surface area contributed by atoms with Gasteiger partial charge in [-0.2, -0.15) is 22.4 Å². The van der Waals surface area contributed by atoms with Gasteiger partial charge in [0.15, 0.2) is 0 Å². The van der Waals surface area contributed by atoms with Crippen molar-refractivity contribution < 1.29 is 39.5 Å². The van der Waals surface area contributed by atoms with Crippen molar-refractivity contribution in [2.75, 3.05) is 5.32 Å². The Bertz CT molecular complexity index is 1220. The number of benzene rings is 4. The molecule has 0 unspecified atom stereocenters. The molecule has 0 aliphatic heterocycles. The van der Waals surface area contributed by atoms with Gasteiger partial charge in [-0.1, -0.05) is 66.0 Å². The SMILES string of the molecule is CC(=O)Nc1ccc2c[c-]c(N=Nc3ccccc3-c3ccccc3)c(O)c2c1.[Na+]. The number of nitrogens with zero attached hydrogens (tertiary/aromatic N) is 2. The summed E-state index contributed by atoms with van der Waals surface area (Å²) in [5, 5.41) is 23.3. The van der Waals surface area contributed by atoms with Crippen LogP contribution >= 0.6 is 0 Å². The molecule has 0 aliphatic carbocycles. The summed E-state index contributed by atoms with van der Waals surface area (Å²) in [7, 11) is 0. The number of aromatic hydroxyl groups is 1. The van der Waals surface area contributed by atoms with Gasteiger partial charge in [0.25, 0.3) is 0 Å². The number of fused-ring (bicyclic) bond motifs is 1. The monoisotopic (exact) mass is 403 g/mol.